The maximum Gasteiger partial charge on any atom is 0.169 e. The van der Waals surface area contributed by atoms with E-state index in [0.717, 1.165) is 12.6 Å². The number of rotatable bonds is 6. The molecule has 0 bridgehead atoms. The van der Waals surface area contributed by atoms with Crippen LogP contribution in [-0.4, -0.2) is 14.8 Å². The van der Waals surface area contributed by atoms with Gasteiger partial charge in [-0.25, -0.2) is 0 Å². The third-order valence-electron chi connectivity index (χ3n) is 5.03. The first-order valence-corrected chi connectivity index (χ1v) is 12.2. The molecule has 2 heteroatoms. The summed E-state index contributed by atoms with van der Waals surface area (Å²) < 4.78 is 0. The van der Waals surface area contributed by atoms with Crippen LogP contribution in [-0.2, 0) is 0 Å². The number of hydrogen-bond donors (Lipinski definition) is 0. The van der Waals surface area contributed by atoms with E-state index in [0.29, 0.717) is 0 Å². The molecule has 0 aromatic heterocycles. The van der Waals surface area contributed by atoms with Crippen molar-refractivity contribution in [1.82, 2.24) is 0 Å². The van der Waals surface area contributed by atoms with E-state index in [9.17, 15) is 0 Å². The summed E-state index contributed by atoms with van der Waals surface area (Å²) in [4.78, 5) is 0. The van der Waals surface area contributed by atoms with Crippen molar-refractivity contribution in [3.63, 3.8) is 0 Å². The topological polar surface area (TPSA) is 0 Å². The second-order valence-corrected chi connectivity index (χ2v) is 12.4. The molecule has 1 rings (SSSR count). The van der Waals surface area contributed by atoms with Gasteiger partial charge in [0.25, 0.3) is 0 Å². The molecule has 1 fully saturated rings. The quantitative estimate of drug-likeness (QED) is 0.505. The van der Waals surface area contributed by atoms with Gasteiger partial charge in [-0.05, 0) is 25.2 Å². The van der Waals surface area contributed by atoms with E-state index in [4.69, 9.17) is 0 Å². The normalized spacial score (nSPS) is 19.3. The van der Waals surface area contributed by atoms with Crippen LogP contribution in [0.25, 0.3) is 0 Å². The molecular formula is C17H35BSi. The Morgan fingerprint density at radius 1 is 0.947 bits per heavy atom. The van der Waals surface area contributed by atoms with Crippen LogP contribution in [0, 0.1) is 5.92 Å². The van der Waals surface area contributed by atoms with Gasteiger partial charge in [0.15, 0.2) is 6.71 Å². The van der Waals surface area contributed by atoms with E-state index in [1.165, 1.54) is 51.2 Å². The Kier molecular flexibility index (Phi) is 6.93. The fourth-order valence-corrected chi connectivity index (χ4v) is 7.09. The molecule has 0 N–H and O–H groups in total. The van der Waals surface area contributed by atoms with Gasteiger partial charge in [0.2, 0.25) is 0 Å². The average molecular weight is 278 g/mol. The van der Waals surface area contributed by atoms with Crippen LogP contribution in [0.5, 0.6) is 0 Å². The molecule has 0 aromatic rings. The highest BCUT2D eigenvalue weighted by molar-refractivity contribution is 6.85. The van der Waals surface area contributed by atoms with Gasteiger partial charge >= 0.3 is 0 Å². The first-order chi connectivity index (χ1) is 8.95. The van der Waals surface area contributed by atoms with E-state index < -0.39 is 8.07 Å². The van der Waals surface area contributed by atoms with Gasteiger partial charge in [-0.15, -0.1) is 5.47 Å². The monoisotopic (exact) mass is 278 g/mol. The largest absolute Gasteiger partial charge is 0.169 e. The third kappa shape index (κ3) is 4.51. The first kappa shape index (κ1) is 17.1. The summed E-state index contributed by atoms with van der Waals surface area (Å²) in [7, 11) is -1.17. The molecule has 0 aromatic carbocycles. The number of allylic oxidation sites excluding steroid dienone is 2. The van der Waals surface area contributed by atoms with Gasteiger partial charge in [-0.3, -0.25) is 0 Å². The van der Waals surface area contributed by atoms with Crippen molar-refractivity contribution in [2.45, 2.75) is 91.6 Å². The van der Waals surface area contributed by atoms with Gasteiger partial charge in [0.05, 0.1) is 8.07 Å². The molecule has 0 unspecified atom stereocenters. The van der Waals surface area contributed by atoms with Gasteiger partial charge in [0.1, 0.15) is 0 Å². The van der Waals surface area contributed by atoms with Gasteiger partial charge in [-0.1, -0.05) is 77.5 Å². The standard InChI is InChI=1S/C17H35BSi/c1-7-16(18(8-2)9-3)17(19(4,5)6)15-13-11-10-12-14-15/h15H,7-14H2,1-6H3. The summed E-state index contributed by atoms with van der Waals surface area (Å²) in [6.07, 6.45) is 11.3. The summed E-state index contributed by atoms with van der Waals surface area (Å²) in [5.74, 6) is 0.941. The van der Waals surface area contributed by atoms with E-state index in [1.807, 2.05) is 10.7 Å². The molecule has 1 aliphatic carbocycles. The maximum atomic E-state index is 2.58. The molecule has 0 aliphatic heterocycles. The Morgan fingerprint density at radius 3 is 1.84 bits per heavy atom. The Bertz CT molecular complexity index is 291. The summed E-state index contributed by atoms with van der Waals surface area (Å²) >= 11 is 0. The zero-order chi connectivity index (χ0) is 14.5. The van der Waals surface area contributed by atoms with Crippen molar-refractivity contribution in [3.05, 3.63) is 10.7 Å². The van der Waals surface area contributed by atoms with E-state index in [1.54, 1.807) is 0 Å². The minimum atomic E-state index is -1.17. The van der Waals surface area contributed by atoms with Crippen LogP contribution in [0.4, 0.5) is 0 Å². The molecular weight excluding hydrogens is 243 g/mol. The molecule has 0 heterocycles. The predicted molar refractivity (Wildman–Crippen MR) is 94.0 cm³/mol. The Morgan fingerprint density at radius 2 is 1.47 bits per heavy atom. The van der Waals surface area contributed by atoms with E-state index in [-0.39, 0.29) is 0 Å². The van der Waals surface area contributed by atoms with Crippen molar-refractivity contribution in [2.24, 2.45) is 5.92 Å². The maximum absolute atomic E-state index is 2.58. The summed E-state index contributed by atoms with van der Waals surface area (Å²) in [5, 5.41) is 1.98. The smallest absolute Gasteiger partial charge is 0.106 e. The SMILES string of the molecule is CCB(CC)C(CC)=C(C1CCCCC1)[Si](C)(C)C. The van der Waals surface area contributed by atoms with Gasteiger partial charge in [-0.2, -0.15) is 0 Å². The highest BCUT2D eigenvalue weighted by Crippen LogP contribution is 2.38. The third-order valence-corrected chi connectivity index (χ3v) is 7.37. The fraction of sp³-hybridized carbons (Fsp3) is 0.882. The lowest BCUT2D eigenvalue weighted by atomic mass is 9.40. The lowest BCUT2D eigenvalue weighted by Crippen LogP contribution is -2.35. The first-order valence-electron chi connectivity index (χ1n) is 8.69. The van der Waals surface area contributed by atoms with Gasteiger partial charge in [0, 0.05) is 0 Å². The van der Waals surface area contributed by atoms with Crippen LogP contribution < -0.4 is 0 Å². The van der Waals surface area contributed by atoms with Crippen LogP contribution >= 0.6 is 0 Å². The van der Waals surface area contributed by atoms with Crippen molar-refractivity contribution in [1.29, 1.82) is 0 Å². The Hall–Kier alpha value is 0.0218. The Labute approximate surface area is 123 Å². The molecule has 0 atom stereocenters. The summed E-state index contributed by atoms with van der Waals surface area (Å²) in [5.41, 5.74) is 1.87. The highest BCUT2D eigenvalue weighted by Gasteiger charge is 2.32. The van der Waals surface area contributed by atoms with Crippen molar-refractivity contribution in [2.75, 3.05) is 0 Å². The number of hydrogen-bond acceptors (Lipinski definition) is 0. The van der Waals surface area contributed by atoms with Crippen LogP contribution in [0.1, 0.15) is 59.3 Å². The molecule has 0 radical (unpaired) electrons. The predicted octanol–water partition coefficient (Wildman–Crippen LogP) is 6.22. The molecule has 0 nitrogen and oxygen atoms in total. The molecule has 0 spiro atoms. The fourth-order valence-electron chi connectivity index (χ4n) is 4.23. The molecule has 110 valence electrons. The minimum Gasteiger partial charge on any atom is -0.106 e. The van der Waals surface area contributed by atoms with E-state index >= 15 is 0 Å². The average Bonchev–Trinajstić information content (AvgIpc) is 2.38. The Balaban J connectivity index is 3.17. The minimum absolute atomic E-state index is 0.855. The van der Waals surface area contributed by atoms with Crippen LogP contribution in [0.15, 0.2) is 10.7 Å². The zero-order valence-corrected chi connectivity index (χ0v) is 15.3. The van der Waals surface area contributed by atoms with Crippen molar-refractivity contribution in [3.8, 4) is 0 Å². The molecule has 1 saturated carbocycles. The zero-order valence-electron chi connectivity index (χ0n) is 14.3. The lowest BCUT2D eigenvalue weighted by Gasteiger charge is -2.36. The van der Waals surface area contributed by atoms with Crippen LogP contribution in [0.2, 0.25) is 32.3 Å². The molecule has 0 amide bonds. The van der Waals surface area contributed by atoms with Crippen LogP contribution in [0.3, 0.4) is 0 Å². The van der Waals surface area contributed by atoms with Gasteiger partial charge < -0.3 is 0 Å². The lowest BCUT2D eigenvalue weighted by molar-refractivity contribution is 0.410. The van der Waals surface area contributed by atoms with E-state index in [2.05, 4.69) is 40.4 Å². The van der Waals surface area contributed by atoms with Crippen molar-refractivity contribution >= 4 is 14.8 Å². The van der Waals surface area contributed by atoms with Crippen molar-refractivity contribution < 1.29 is 0 Å². The summed E-state index contributed by atoms with van der Waals surface area (Å²) in [6.45, 7) is 15.8. The second kappa shape index (κ2) is 7.71. The molecule has 19 heavy (non-hydrogen) atoms. The second-order valence-electron chi connectivity index (χ2n) is 7.39. The summed E-state index contributed by atoms with van der Waals surface area (Å²) in [6, 6.07) is 0. The molecule has 0 saturated heterocycles. The molecule has 1 aliphatic rings. The highest BCUT2D eigenvalue weighted by atomic mass is 28.3.